The minimum absolute atomic E-state index is 0. The first kappa shape index (κ1) is 155. The Hall–Kier alpha value is 6.05. The summed E-state index contributed by atoms with van der Waals surface area (Å²) in [4.78, 5) is 0. The van der Waals surface area contributed by atoms with E-state index in [-0.39, 0.29) is 93.0 Å². The van der Waals surface area contributed by atoms with Crippen LogP contribution in [-0.2, 0) is 112 Å². The van der Waals surface area contributed by atoms with Crippen molar-refractivity contribution < 1.29 is 112 Å². The Balaban J connectivity index is -0.000000164. The first-order valence-corrected chi connectivity index (χ1v) is 82.2. The van der Waals surface area contributed by atoms with Crippen LogP contribution < -0.4 is 0 Å². The molecule has 0 heterocycles. The molecule has 8 atom stereocenters. The van der Waals surface area contributed by atoms with E-state index in [4.69, 9.17) is 96.5 Å². The Morgan fingerprint density at radius 1 is 0.209 bits per heavy atom. The summed E-state index contributed by atoms with van der Waals surface area (Å²) in [6, 6.07) is 0. The van der Waals surface area contributed by atoms with Gasteiger partial charge in [0.1, 0.15) is 0 Å². The summed E-state index contributed by atoms with van der Waals surface area (Å²) in [5.74, 6) is 8.37. The third kappa shape index (κ3) is 94.8. The van der Waals surface area contributed by atoms with Gasteiger partial charge in [-0.2, -0.15) is 0 Å². The molecule has 8 aliphatic rings. The molecule has 0 spiro atoms. The maximum absolute atomic E-state index is 5.90. The van der Waals surface area contributed by atoms with Gasteiger partial charge in [-0.05, 0) is 258 Å². The second-order valence-electron chi connectivity index (χ2n) is 45.4. The fourth-order valence-electron chi connectivity index (χ4n) is 20.6. The molecule has 0 aromatic rings. The van der Waals surface area contributed by atoms with Crippen LogP contribution in [0.2, 0.25) is 48.4 Å². The summed E-state index contributed by atoms with van der Waals surface area (Å²) in [5.41, 5.74) is 4.65. The van der Waals surface area contributed by atoms with E-state index in [1.807, 2.05) is 0 Å². The van der Waals surface area contributed by atoms with E-state index in [2.05, 4.69) is 165 Å². The zero-order valence-electron chi connectivity index (χ0n) is 92.1. The van der Waals surface area contributed by atoms with Gasteiger partial charge in [0.15, 0.2) is 0 Å². The van der Waals surface area contributed by atoms with Crippen molar-refractivity contribution in [2.45, 2.75) is 561 Å². The number of hydrogen-bond acceptors (Lipinski definition) is 6. The molecule has 0 aliphatic heterocycles. The predicted molar refractivity (Wildman–Crippen MR) is 586 cm³/mol. The molecule has 0 amide bonds. The zero-order valence-corrected chi connectivity index (χ0v) is 110. The molecule has 8 unspecified atom stereocenters. The molecule has 6 nitrogen and oxygen atoms in total. The molecule has 0 radical (unpaired) electrons. The van der Waals surface area contributed by atoms with E-state index in [1.165, 1.54) is 295 Å². The van der Waals surface area contributed by atoms with Gasteiger partial charge in [0, 0.05) is 39.6 Å². The summed E-state index contributed by atoms with van der Waals surface area (Å²) < 4.78 is 34.8. The summed E-state index contributed by atoms with van der Waals surface area (Å²) in [7, 11) is 37.3. The molecule has 0 aromatic carbocycles. The van der Waals surface area contributed by atoms with E-state index in [9.17, 15) is 0 Å². The normalized spacial score (nSPS) is 20.9. The first-order valence-electron chi connectivity index (χ1n) is 50.6. The van der Waals surface area contributed by atoms with Gasteiger partial charge in [-0.1, -0.05) is 316 Å². The second kappa shape index (κ2) is 93.8. The molecule has 8 saturated carbocycles. The molecular weight excluding hydrogens is 2110 g/mol. The summed E-state index contributed by atoms with van der Waals surface area (Å²) in [5, 5.41) is 0. The maximum atomic E-state index is 5.90. The summed E-state index contributed by atoms with van der Waals surface area (Å²) in [6.07, 6.45) is 76.9. The molecule has 20 heteroatoms. The molecule has 8 fully saturated rings. The van der Waals surface area contributed by atoms with E-state index >= 15 is 0 Å². The third-order valence-electron chi connectivity index (χ3n) is 27.7. The van der Waals surface area contributed by atoms with Gasteiger partial charge in [-0.15, -0.1) is 0 Å². The van der Waals surface area contributed by atoms with Gasteiger partial charge in [0.2, 0.25) is 0 Å². The monoisotopic (exact) mass is 2330 g/mol. The first-order chi connectivity index (χ1) is 56.9. The third-order valence-corrected chi connectivity index (χ3v) is 38.2. The molecule has 778 valence electrons. The quantitative estimate of drug-likeness (QED) is 0.0345. The van der Waals surface area contributed by atoms with E-state index < -0.39 is 99.5 Å². The van der Waals surface area contributed by atoms with Crippen LogP contribution >= 0.6 is 68.1 Å². The average molecular weight is 2340 g/mol. The van der Waals surface area contributed by atoms with E-state index in [0.29, 0.717) is 0 Å². The zero-order chi connectivity index (χ0) is 91.7. The Morgan fingerprint density at radius 2 is 0.349 bits per heavy atom. The molecule has 0 aromatic heterocycles. The van der Waals surface area contributed by atoms with Gasteiger partial charge in [-0.3, -0.25) is 0 Å². The van der Waals surface area contributed by atoms with Crippen molar-refractivity contribution in [2.75, 3.05) is 39.6 Å². The van der Waals surface area contributed by atoms with Gasteiger partial charge in [0.25, 0.3) is 0 Å². The molecule has 0 saturated heterocycles. The van der Waals surface area contributed by atoms with Crippen molar-refractivity contribution in [3.63, 3.8) is 0 Å². The topological polar surface area (TPSA) is 55.4 Å². The van der Waals surface area contributed by atoms with Crippen LogP contribution in [0, 0.1) is 107 Å². The van der Waals surface area contributed by atoms with E-state index in [0.717, 1.165) is 109 Å². The van der Waals surface area contributed by atoms with Gasteiger partial charge < -0.3 is 87.8 Å². The molecule has 8 rings (SSSR count). The van der Waals surface area contributed by atoms with Crippen molar-refractivity contribution in [1.29, 1.82) is 0 Å². The summed E-state index contributed by atoms with van der Waals surface area (Å²) in [6.45, 7) is 59.9. The van der Waals surface area contributed by atoms with Crippen LogP contribution in [0.3, 0.4) is 0 Å². The number of ether oxygens (including phenoxy) is 6. The SMILES string of the molecule is CC(C)(C)OCCCCC1CCC([Si](C)(C)C2CCC(CCCCOC(C)(C)C)C2)C1.CC(C)(C)OCCCCC1CCCC1.CC(C)(C)OCCCCC1CCCC1.CC(C)(C)OCCCCC1CCCC1.CCCCC1CCCC1.CCCCCC1CCC([Si](C)(C)C2CCC(CCCCOC(C)(C)C)C2)C1.[CH3-].[CH3-].[CH3-].[CH3-].[CH3-].[CH3-].[CH3-].[CH3-].[Cl][Zr+2][Cl].[Cl][Zr+2][Cl].[Cl][Zr+2][Cl].[Cl][Zr+2][Cl]. The van der Waals surface area contributed by atoms with Crippen molar-refractivity contribution in [3.8, 4) is 0 Å². The standard InChI is InChI=1S/C28H56O2Si.C25H50OSi.3C13H26O.C9H18.8CH3.8ClH.4Zr/c1-27(2,3)29-19-11-9-13-23-15-17-25(21-23)31(7,8)26-18-16-24(22-26)14-10-12-20-30-28(4,5)6;1-7-8-9-12-21-14-16-23(19-21)27(5,6)24-17-15-22(20-24)13-10-11-18-26-25(2,3)4;3*1-13(2,3)14-11-7-6-10-12-8-4-5-9-12;1-2-3-6-9-7-4-5-8-9;;;;;;;;;;;;;;;;;;;;/h23-26H,9-22H2,1-8H3;21-24H,7-20H2,1-6H3;3*12H,4-11H2,1-3H3;9H,2-8H2,1H3;8*1H3;8*1H;;;;/q;;;;;;8*-1;;;;;;;;;4*+4/p-8. The Morgan fingerprint density at radius 3 is 0.496 bits per heavy atom. The molecular formula is C109H226Cl8O6Si2Zr4. The predicted octanol–water partition coefficient (Wildman–Crippen LogP) is 42.6. The molecule has 129 heavy (non-hydrogen) atoms. The van der Waals surface area contributed by atoms with Crippen LogP contribution in [0.15, 0.2) is 0 Å². The number of halogens is 8. The number of rotatable bonds is 41. The van der Waals surface area contributed by atoms with Crippen LogP contribution in [0.1, 0.15) is 479 Å². The van der Waals surface area contributed by atoms with Crippen molar-refractivity contribution in [1.82, 2.24) is 0 Å². The van der Waals surface area contributed by atoms with Crippen LogP contribution in [-0.4, -0.2) is 89.4 Å². The van der Waals surface area contributed by atoms with Crippen molar-refractivity contribution in [2.24, 2.45) is 47.3 Å². The Bertz CT molecular complexity index is 2110. The van der Waals surface area contributed by atoms with E-state index in [1.54, 1.807) is 44.9 Å². The number of hydrogen-bond donors (Lipinski definition) is 0. The fraction of sp³-hybridized carbons (Fsp3) is 0.927. The average Bonchev–Trinajstić information content (AvgIpc) is 1.67. The second-order valence-corrected chi connectivity index (χ2v) is 70.9. The summed E-state index contributed by atoms with van der Waals surface area (Å²) >= 11 is -3.30. The van der Waals surface area contributed by atoms with Crippen molar-refractivity contribution >= 4 is 84.3 Å². The number of unbranched alkanes of at least 4 members (excludes halogenated alkanes) is 9. The Kier molecular flexibility index (Phi) is 113. The van der Waals surface area contributed by atoms with Crippen LogP contribution in [0.5, 0.6) is 0 Å². The van der Waals surface area contributed by atoms with Crippen LogP contribution in [0.25, 0.3) is 0 Å². The Labute approximate surface area is 892 Å². The van der Waals surface area contributed by atoms with Gasteiger partial charge in [0.05, 0.1) is 49.8 Å². The molecule has 0 N–H and O–H groups in total. The fourth-order valence-corrected chi connectivity index (χ4v) is 29.3. The minimum atomic E-state index is -1.13. The van der Waals surface area contributed by atoms with Crippen LogP contribution in [0.4, 0.5) is 0 Å². The molecule has 0 bridgehead atoms. The van der Waals surface area contributed by atoms with Crippen molar-refractivity contribution in [3.05, 3.63) is 59.4 Å². The van der Waals surface area contributed by atoms with Gasteiger partial charge in [-0.25, -0.2) is 0 Å². The van der Waals surface area contributed by atoms with Gasteiger partial charge >= 0.3 is 151 Å². The molecule has 8 aliphatic carbocycles.